The van der Waals surface area contributed by atoms with Crippen molar-refractivity contribution in [3.8, 4) is 0 Å². The number of hydrogen-bond acceptors (Lipinski definition) is 2. The van der Waals surface area contributed by atoms with Gasteiger partial charge in [0.25, 0.3) is 0 Å². The second kappa shape index (κ2) is 5.21. The molecule has 1 aliphatic heterocycles. The number of alkyl carbamates (subject to hydrolysis) is 1. The minimum atomic E-state index is -0.315. The van der Waals surface area contributed by atoms with Crippen molar-refractivity contribution >= 4 is 18.5 Å². The van der Waals surface area contributed by atoms with Crippen LogP contribution >= 0.6 is 12.4 Å². The molecule has 0 unspecified atom stereocenters. The fraction of sp³-hybridized carbons (Fsp3) is 0.417. The van der Waals surface area contributed by atoms with E-state index in [-0.39, 0.29) is 24.5 Å². The number of carbonyl (C=O) groups excluding carboxylic acids is 1. The zero-order valence-electron chi connectivity index (χ0n) is 9.45. The van der Waals surface area contributed by atoms with E-state index in [2.05, 4.69) is 37.4 Å². The molecule has 1 aromatic carbocycles. The van der Waals surface area contributed by atoms with E-state index in [9.17, 15) is 4.79 Å². The van der Waals surface area contributed by atoms with Crippen LogP contribution in [0.1, 0.15) is 29.2 Å². The lowest BCUT2D eigenvalue weighted by atomic mass is 9.99. The largest absolute Gasteiger partial charge is 0.449 e. The van der Waals surface area contributed by atoms with Crippen molar-refractivity contribution in [3.05, 3.63) is 34.9 Å². The van der Waals surface area contributed by atoms with Gasteiger partial charge in [-0.05, 0) is 30.5 Å². The molecule has 3 nitrogen and oxygen atoms in total. The standard InChI is InChI=1S/C12H15NO2.ClH/c1-8-3-4-10(7-9(8)2)11-5-6-15-12(14)13-11;/h3-4,7,11H,5-6H2,1-2H3,(H,13,14);1H/t11-;/m1./s1. The summed E-state index contributed by atoms with van der Waals surface area (Å²) in [6, 6.07) is 6.39. The van der Waals surface area contributed by atoms with Gasteiger partial charge < -0.3 is 10.1 Å². The number of benzene rings is 1. The van der Waals surface area contributed by atoms with Gasteiger partial charge in [-0.1, -0.05) is 18.2 Å². The normalized spacial score (nSPS) is 19.4. The van der Waals surface area contributed by atoms with E-state index in [1.165, 1.54) is 11.1 Å². The second-order valence-corrected chi connectivity index (χ2v) is 3.97. The fourth-order valence-electron chi connectivity index (χ4n) is 1.76. The molecule has 0 radical (unpaired) electrons. The highest BCUT2D eigenvalue weighted by atomic mass is 35.5. The van der Waals surface area contributed by atoms with Gasteiger partial charge in [0.1, 0.15) is 0 Å². The molecule has 0 spiro atoms. The summed E-state index contributed by atoms with van der Waals surface area (Å²) in [4.78, 5) is 11.1. The third-order valence-electron chi connectivity index (χ3n) is 2.87. The Hall–Kier alpha value is -1.22. The van der Waals surface area contributed by atoms with Gasteiger partial charge in [0, 0.05) is 6.42 Å². The van der Waals surface area contributed by atoms with Crippen molar-refractivity contribution < 1.29 is 9.53 Å². The smallest absolute Gasteiger partial charge is 0.407 e. The summed E-state index contributed by atoms with van der Waals surface area (Å²) in [5, 5.41) is 2.82. The van der Waals surface area contributed by atoms with Crippen molar-refractivity contribution in [2.45, 2.75) is 26.3 Å². The molecule has 1 atom stereocenters. The quantitative estimate of drug-likeness (QED) is 0.821. The number of ether oxygens (including phenoxy) is 1. The zero-order chi connectivity index (χ0) is 10.8. The van der Waals surface area contributed by atoms with Crippen molar-refractivity contribution in [1.82, 2.24) is 5.32 Å². The van der Waals surface area contributed by atoms with Gasteiger partial charge in [0.2, 0.25) is 0 Å². The Labute approximate surface area is 102 Å². The first-order chi connectivity index (χ1) is 7.16. The maximum absolute atomic E-state index is 11.1. The minimum Gasteiger partial charge on any atom is -0.449 e. The van der Waals surface area contributed by atoms with Crippen molar-refractivity contribution in [2.75, 3.05) is 6.61 Å². The van der Waals surface area contributed by atoms with Crippen LogP contribution in [0.5, 0.6) is 0 Å². The van der Waals surface area contributed by atoms with Crippen LogP contribution in [0.15, 0.2) is 18.2 Å². The molecular weight excluding hydrogens is 226 g/mol. The van der Waals surface area contributed by atoms with Crippen molar-refractivity contribution in [3.63, 3.8) is 0 Å². The van der Waals surface area contributed by atoms with E-state index < -0.39 is 0 Å². The van der Waals surface area contributed by atoms with E-state index in [1.54, 1.807) is 0 Å². The predicted molar refractivity (Wildman–Crippen MR) is 65.0 cm³/mol. The highest BCUT2D eigenvalue weighted by Gasteiger charge is 2.20. The second-order valence-electron chi connectivity index (χ2n) is 3.97. The Balaban J connectivity index is 0.00000128. The first-order valence-electron chi connectivity index (χ1n) is 5.17. The number of cyclic esters (lactones) is 1. The molecule has 0 aromatic heterocycles. The van der Waals surface area contributed by atoms with Crippen LogP contribution < -0.4 is 5.32 Å². The van der Waals surface area contributed by atoms with Gasteiger partial charge in [-0.2, -0.15) is 0 Å². The molecule has 88 valence electrons. The van der Waals surface area contributed by atoms with Crippen LogP contribution in [0, 0.1) is 13.8 Å². The molecule has 1 saturated heterocycles. The summed E-state index contributed by atoms with van der Waals surface area (Å²) in [5.74, 6) is 0. The topological polar surface area (TPSA) is 38.3 Å². The third-order valence-corrected chi connectivity index (χ3v) is 2.87. The number of rotatable bonds is 1. The monoisotopic (exact) mass is 241 g/mol. The van der Waals surface area contributed by atoms with E-state index in [4.69, 9.17) is 4.74 Å². The summed E-state index contributed by atoms with van der Waals surface area (Å²) in [5.41, 5.74) is 3.69. The maximum atomic E-state index is 11.1. The van der Waals surface area contributed by atoms with Crippen LogP contribution in [0.4, 0.5) is 4.79 Å². The lowest BCUT2D eigenvalue weighted by Crippen LogP contribution is -2.35. The predicted octanol–water partition coefficient (Wildman–Crippen LogP) is 2.90. The van der Waals surface area contributed by atoms with Crippen molar-refractivity contribution in [1.29, 1.82) is 0 Å². The van der Waals surface area contributed by atoms with Crippen LogP contribution in [-0.4, -0.2) is 12.7 Å². The number of nitrogens with one attached hydrogen (secondary N) is 1. The molecule has 1 heterocycles. The molecule has 4 heteroatoms. The number of carbonyl (C=O) groups is 1. The SMILES string of the molecule is Cc1ccc([C@H]2CCOC(=O)N2)cc1C.Cl. The average molecular weight is 242 g/mol. The highest BCUT2D eigenvalue weighted by molar-refractivity contribution is 5.85. The zero-order valence-corrected chi connectivity index (χ0v) is 10.3. The lowest BCUT2D eigenvalue weighted by molar-refractivity contribution is 0.115. The summed E-state index contributed by atoms with van der Waals surface area (Å²) < 4.78 is 4.83. The summed E-state index contributed by atoms with van der Waals surface area (Å²) >= 11 is 0. The van der Waals surface area contributed by atoms with Gasteiger partial charge in [-0.25, -0.2) is 4.79 Å². The minimum absolute atomic E-state index is 0. The Bertz CT molecular complexity index is 393. The third kappa shape index (κ3) is 2.67. The molecule has 0 bridgehead atoms. The Kier molecular flexibility index (Phi) is 4.19. The molecule has 16 heavy (non-hydrogen) atoms. The van der Waals surface area contributed by atoms with Crippen LogP contribution in [0.3, 0.4) is 0 Å². The Morgan fingerprint density at radius 3 is 2.69 bits per heavy atom. The molecule has 2 rings (SSSR count). The Morgan fingerprint density at radius 2 is 2.06 bits per heavy atom. The van der Waals surface area contributed by atoms with Gasteiger partial charge >= 0.3 is 6.09 Å². The van der Waals surface area contributed by atoms with Gasteiger partial charge in [-0.15, -0.1) is 12.4 Å². The van der Waals surface area contributed by atoms with E-state index >= 15 is 0 Å². The molecule has 1 amide bonds. The number of amides is 1. The van der Waals surface area contributed by atoms with E-state index in [0.29, 0.717) is 6.61 Å². The van der Waals surface area contributed by atoms with Gasteiger partial charge in [0.15, 0.2) is 0 Å². The van der Waals surface area contributed by atoms with E-state index in [0.717, 1.165) is 12.0 Å². The first kappa shape index (κ1) is 12.8. The highest BCUT2D eigenvalue weighted by Crippen LogP contribution is 2.22. The van der Waals surface area contributed by atoms with Gasteiger partial charge in [-0.3, -0.25) is 0 Å². The van der Waals surface area contributed by atoms with E-state index in [1.807, 2.05) is 0 Å². The first-order valence-corrected chi connectivity index (χ1v) is 5.17. The fourth-order valence-corrected chi connectivity index (χ4v) is 1.76. The summed E-state index contributed by atoms with van der Waals surface area (Å²) in [6.07, 6.45) is 0.526. The van der Waals surface area contributed by atoms with Crippen LogP contribution in [0.25, 0.3) is 0 Å². The number of aryl methyl sites for hydroxylation is 2. The summed E-state index contributed by atoms with van der Waals surface area (Å²) in [7, 11) is 0. The lowest BCUT2D eigenvalue weighted by Gasteiger charge is -2.24. The molecule has 0 aliphatic carbocycles. The summed E-state index contributed by atoms with van der Waals surface area (Å²) in [6.45, 7) is 4.67. The Morgan fingerprint density at radius 1 is 1.31 bits per heavy atom. The molecule has 0 saturated carbocycles. The molecule has 1 aromatic rings. The molecule has 1 N–H and O–H groups in total. The average Bonchev–Trinajstić information content (AvgIpc) is 2.22. The maximum Gasteiger partial charge on any atom is 0.407 e. The molecule has 1 aliphatic rings. The molecular formula is C12H16ClNO2. The molecule has 1 fully saturated rings. The van der Waals surface area contributed by atoms with Crippen LogP contribution in [-0.2, 0) is 4.74 Å². The van der Waals surface area contributed by atoms with Gasteiger partial charge in [0.05, 0.1) is 12.6 Å². The van der Waals surface area contributed by atoms with Crippen molar-refractivity contribution in [2.24, 2.45) is 0 Å². The number of halogens is 1. The number of hydrogen-bond donors (Lipinski definition) is 1. The van der Waals surface area contributed by atoms with Crippen LogP contribution in [0.2, 0.25) is 0 Å².